The molecular weight excluding hydrogens is 401 g/mol. The molecule has 0 aliphatic heterocycles. The number of para-hydroxylation sites is 3. The molecule has 0 aliphatic rings. The third-order valence-corrected chi connectivity index (χ3v) is 4.74. The first-order chi connectivity index (χ1) is 14.9. The summed E-state index contributed by atoms with van der Waals surface area (Å²) in [6.07, 6.45) is 0. The predicted molar refractivity (Wildman–Crippen MR) is 118 cm³/mol. The minimum atomic E-state index is -1.10. The zero-order chi connectivity index (χ0) is 22.1. The van der Waals surface area contributed by atoms with Gasteiger partial charge in [0, 0.05) is 10.8 Å². The fourth-order valence-electron chi connectivity index (χ4n) is 3.26. The molecule has 8 heteroatoms. The highest BCUT2D eigenvalue weighted by Crippen LogP contribution is 2.30. The second-order valence-electron chi connectivity index (χ2n) is 6.67. The van der Waals surface area contributed by atoms with Gasteiger partial charge in [0.25, 0.3) is 5.70 Å². The quantitative estimate of drug-likeness (QED) is 0.239. The Morgan fingerprint density at radius 3 is 2.39 bits per heavy atom. The molecule has 0 amide bonds. The van der Waals surface area contributed by atoms with Gasteiger partial charge in [-0.25, -0.2) is 9.18 Å². The lowest BCUT2D eigenvalue weighted by Crippen LogP contribution is -2.14. The molecule has 0 unspecified atom stereocenters. The van der Waals surface area contributed by atoms with Crippen LogP contribution in [-0.4, -0.2) is 14.5 Å². The monoisotopic (exact) mass is 417 g/mol. The number of hydrogen-bond donors (Lipinski definition) is 1. The number of rotatable bonds is 3. The van der Waals surface area contributed by atoms with Gasteiger partial charge in [-0.2, -0.15) is 0 Å². The summed E-state index contributed by atoms with van der Waals surface area (Å²) in [5.41, 5.74) is 3.27. The second-order valence-corrected chi connectivity index (χ2v) is 6.67. The van der Waals surface area contributed by atoms with Crippen molar-refractivity contribution in [2.75, 3.05) is 0 Å². The fraction of sp³-hybridized carbons (Fsp3) is 0. The number of halogens is 1. The molecule has 154 valence electrons. The largest absolute Gasteiger partial charge is 0.456 e. The van der Waals surface area contributed by atoms with Gasteiger partial charge in [-0.05, 0) is 43.0 Å². The first-order valence-corrected chi connectivity index (χ1v) is 9.16. The number of allylic oxidation sites excluding steroid dienone is 1. The molecule has 1 N–H and O–H groups in total. The van der Waals surface area contributed by atoms with Crippen LogP contribution in [0.15, 0.2) is 101 Å². The van der Waals surface area contributed by atoms with Crippen LogP contribution in [-0.2, 0) is 0 Å². The molecule has 0 atom stereocenters. The summed E-state index contributed by atoms with van der Waals surface area (Å²) < 4.78 is 19.1. The van der Waals surface area contributed by atoms with E-state index < -0.39 is 16.4 Å². The minimum absolute atomic E-state index is 0.140. The molecule has 5 rings (SSSR count). The highest BCUT2D eigenvalue weighted by molar-refractivity contribution is 6.05. The van der Waals surface area contributed by atoms with E-state index in [0.717, 1.165) is 38.7 Å². The molecule has 2 heterocycles. The van der Waals surface area contributed by atoms with E-state index in [2.05, 4.69) is 18.1 Å². The molecule has 31 heavy (non-hydrogen) atoms. The van der Waals surface area contributed by atoms with Gasteiger partial charge in [0.2, 0.25) is 0 Å². The maximum atomic E-state index is 12.4. The highest BCUT2D eigenvalue weighted by atomic mass is 19.1. The van der Waals surface area contributed by atoms with Crippen LogP contribution in [0.25, 0.3) is 38.7 Å². The Labute approximate surface area is 174 Å². The van der Waals surface area contributed by atoms with E-state index in [1.165, 1.54) is 0 Å². The van der Waals surface area contributed by atoms with Crippen LogP contribution in [0.4, 0.5) is 4.39 Å². The van der Waals surface area contributed by atoms with Crippen molar-refractivity contribution in [1.82, 2.24) is 9.55 Å². The van der Waals surface area contributed by atoms with Gasteiger partial charge in [-0.3, -0.25) is 14.7 Å². The van der Waals surface area contributed by atoms with Crippen LogP contribution < -0.4 is 5.69 Å². The van der Waals surface area contributed by atoms with Crippen molar-refractivity contribution in [3.8, 4) is 5.69 Å². The number of hydrogen-bond acceptors (Lipinski definition) is 4. The lowest BCUT2D eigenvalue weighted by Gasteiger charge is -2.03. The Bertz CT molecular complexity index is 1530. The van der Waals surface area contributed by atoms with E-state index in [1.54, 1.807) is 4.57 Å². The van der Waals surface area contributed by atoms with Crippen LogP contribution in [0.5, 0.6) is 0 Å². The van der Waals surface area contributed by atoms with Crippen molar-refractivity contribution in [3.63, 3.8) is 0 Å². The van der Waals surface area contributed by atoms with Gasteiger partial charge in [-0.15, -0.1) is 0 Å². The van der Waals surface area contributed by atoms with Gasteiger partial charge < -0.3 is 9.40 Å². The number of nitrogens with one attached hydrogen (secondary N) is 1. The van der Waals surface area contributed by atoms with Crippen molar-refractivity contribution >= 4 is 33.0 Å². The molecule has 7 nitrogen and oxygen atoms in total. The Hall–Kier alpha value is -4.46. The summed E-state index contributed by atoms with van der Waals surface area (Å²) in [6.45, 7) is 5.45. The van der Waals surface area contributed by atoms with E-state index in [9.17, 15) is 19.3 Å². The Balaban J connectivity index is 0.000000250. The molecule has 0 bridgehead atoms. The van der Waals surface area contributed by atoms with Gasteiger partial charge in [0.1, 0.15) is 11.2 Å². The lowest BCUT2D eigenvalue weighted by atomic mass is 10.1. The number of nitro groups is 1. The topological polar surface area (TPSA) is 94.1 Å². The zero-order valence-corrected chi connectivity index (χ0v) is 16.2. The Kier molecular flexibility index (Phi) is 4.96. The summed E-state index contributed by atoms with van der Waals surface area (Å²) in [7, 11) is 0. The third-order valence-electron chi connectivity index (χ3n) is 4.74. The van der Waals surface area contributed by atoms with E-state index >= 15 is 0 Å². The average molecular weight is 417 g/mol. The van der Waals surface area contributed by atoms with Gasteiger partial charge in [-0.1, -0.05) is 36.9 Å². The molecule has 0 spiro atoms. The van der Waals surface area contributed by atoms with E-state index in [0.29, 0.717) is 0 Å². The molecule has 3 aromatic carbocycles. The molecular formula is C23H16FN3O4. The Morgan fingerprint density at radius 1 is 1.00 bits per heavy atom. The van der Waals surface area contributed by atoms with E-state index in [1.807, 2.05) is 66.7 Å². The maximum absolute atomic E-state index is 12.4. The van der Waals surface area contributed by atoms with Gasteiger partial charge in [0.15, 0.2) is 5.83 Å². The molecule has 0 aliphatic carbocycles. The molecule has 0 saturated carbocycles. The number of aromatic nitrogens is 2. The highest BCUT2D eigenvalue weighted by Gasteiger charge is 2.12. The van der Waals surface area contributed by atoms with Crippen molar-refractivity contribution in [2.45, 2.75) is 0 Å². The fourth-order valence-corrected chi connectivity index (χ4v) is 3.26. The molecule has 2 aromatic heterocycles. The number of benzene rings is 3. The van der Waals surface area contributed by atoms with Gasteiger partial charge in [0.05, 0.1) is 21.6 Å². The van der Waals surface area contributed by atoms with Crippen molar-refractivity contribution < 1.29 is 13.7 Å². The number of fused-ring (bicyclic) bond motifs is 4. The number of H-pyrrole nitrogens is 1. The summed E-state index contributed by atoms with van der Waals surface area (Å²) in [5.74, 6) is -1.10. The van der Waals surface area contributed by atoms with Gasteiger partial charge >= 0.3 is 5.69 Å². The number of nitrogens with zero attached hydrogens (tertiary/aromatic N) is 2. The van der Waals surface area contributed by atoms with E-state index in [4.69, 9.17) is 4.42 Å². The standard InChI is InChI=1S/C19H12N2O2.C4H4FNO2/c22-19-20-15-6-2-3-7-16(15)21(19)12-9-10-18-14(11-12)13-5-1-4-8-17(13)23-18;1-3(5)4(2)6(7)8/h1-11H,(H,20,22);1-2H2. The summed E-state index contributed by atoms with van der Waals surface area (Å²) in [5, 5.41) is 11.6. The second kappa shape index (κ2) is 7.75. The Morgan fingerprint density at radius 2 is 1.68 bits per heavy atom. The maximum Gasteiger partial charge on any atom is 0.331 e. The first kappa shape index (κ1) is 19.8. The molecule has 0 saturated heterocycles. The summed E-state index contributed by atoms with van der Waals surface area (Å²) in [4.78, 5) is 23.9. The van der Waals surface area contributed by atoms with Crippen molar-refractivity contribution in [2.24, 2.45) is 0 Å². The predicted octanol–water partition coefficient (Wildman–Crippen LogP) is 5.48. The number of aromatic amines is 1. The molecule has 5 aromatic rings. The van der Waals surface area contributed by atoms with E-state index in [-0.39, 0.29) is 5.69 Å². The SMILES string of the molecule is C=C(F)C(=C)[N+](=O)[O-].O=c1[nH]c2ccccc2n1-c1ccc2oc3ccccc3c2c1. The smallest absolute Gasteiger partial charge is 0.331 e. The van der Waals surface area contributed by atoms with Crippen molar-refractivity contribution in [3.05, 3.63) is 112 Å². The van der Waals surface area contributed by atoms with Crippen LogP contribution in [0.3, 0.4) is 0 Å². The minimum Gasteiger partial charge on any atom is -0.456 e. The molecule has 0 fully saturated rings. The zero-order valence-electron chi connectivity index (χ0n) is 16.2. The summed E-state index contributed by atoms with van der Waals surface area (Å²) in [6, 6.07) is 21.4. The van der Waals surface area contributed by atoms with Crippen LogP contribution in [0, 0.1) is 10.1 Å². The number of furan rings is 1. The average Bonchev–Trinajstić information content (AvgIpc) is 3.29. The third kappa shape index (κ3) is 3.62. The van der Waals surface area contributed by atoms with Crippen molar-refractivity contribution in [1.29, 1.82) is 0 Å². The number of imidazole rings is 1. The van der Waals surface area contributed by atoms with Crippen LogP contribution in [0.2, 0.25) is 0 Å². The van der Waals surface area contributed by atoms with Crippen LogP contribution in [0.1, 0.15) is 0 Å². The normalized spacial score (nSPS) is 10.7. The first-order valence-electron chi connectivity index (χ1n) is 9.16. The lowest BCUT2D eigenvalue weighted by molar-refractivity contribution is -0.422. The molecule has 0 radical (unpaired) electrons. The summed E-state index contributed by atoms with van der Waals surface area (Å²) >= 11 is 0. The van der Waals surface area contributed by atoms with Crippen LogP contribution >= 0.6 is 0 Å².